The SMILES string of the molecule is CCCCCCCCCCCCCCCOC(=O)NCCOCCOC(=O)NCc1cccc[n+]1CC.[I-]. The van der Waals surface area contributed by atoms with E-state index in [-0.39, 0.29) is 37.2 Å². The Hall–Kier alpha value is -1.62. The van der Waals surface area contributed by atoms with Gasteiger partial charge in [-0.2, -0.15) is 0 Å². The maximum atomic E-state index is 11.8. The van der Waals surface area contributed by atoms with Crippen molar-refractivity contribution in [2.75, 3.05) is 33.0 Å². The summed E-state index contributed by atoms with van der Waals surface area (Å²) in [6.45, 7) is 7.11. The highest BCUT2D eigenvalue weighted by molar-refractivity contribution is 5.67. The van der Waals surface area contributed by atoms with E-state index in [1.807, 2.05) is 31.3 Å². The molecule has 0 unspecified atom stereocenters. The number of aromatic nitrogens is 1. The second-order valence-corrected chi connectivity index (χ2v) is 9.39. The van der Waals surface area contributed by atoms with E-state index in [1.165, 1.54) is 70.6 Å². The Morgan fingerprint density at radius 2 is 1.29 bits per heavy atom. The molecule has 1 rings (SSSR count). The molecule has 0 radical (unpaired) electrons. The molecule has 0 saturated carbocycles. The third-order valence-electron chi connectivity index (χ3n) is 6.25. The number of aryl methyl sites for hydroxylation is 1. The van der Waals surface area contributed by atoms with E-state index in [0.717, 1.165) is 25.1 Å². The first-order valence-corrected chi connectivity index (χ1v) is 14.5. The van der Waals surface area contributed by atoms with Crippen LogP contribution in [0.25, 0.3) is 0 Å². The fourth-order valence-corrected chi connectivity index (χ4v) is 4.05. The van der Waals surface area contributed by atoms with Crippen LogP contribution in [0.15, 0.2) is 24.4 Å². The van der Waals surface area contributed by atoms with Crippen LogP contribution in [0.1, 0.15) is 103 Å². The Labute approximate surface area is 248 Å². The van der Waals surface area contributed by atoms with Gasteiger partial charge in [-0.15, -0.1) is 0 Å². The van der Waals surface area contributed by atoms with Crippen LogP contribution in [0.5, 0.6) is 0 Å². The number of ether oxygens (including phenoxy) is 3. The van der Waals surface area contributed by atoms with Gasteiger partial charge >= 0.3 is 12.2 Å². The Morgan fingerprint density at radius 3 is 1.92 bits per heavy atom. The number of unbranched alkanes of at least 4 members (excludes halogenated alkanes) is 12. The molecule has 1 aromatic rings. The highest BCUT2D eigenvalue weighted by atomic mass is 127. The van der Waals surface area contributed by atoms with Crippen molar-refractivity contribution >= 4 is 12.2 Å². The number of alkyl carbamates (subject to hydrolysis) is 2. The summed E-state index contributed by atoms with van der Waals surface area (Å²) >= 11 is 0. The zero-order valence-corrected chi connectivity index (χ0v) is 26.0. The van der Waals surface area contributed by atoms with E-state index < -0.39 is 12.2 Å². The summed E-state index contributed by atoms with van der Waals surface area (Å²) in [6, 6.07) is 5.86. The van der Waals surface area contributed by atoms with Crippen molar-refractivity contribution in [3.8, 4) is 0 Å². The van der Waals surface area contributed by atoms with E-state index in [9.17, 15) is 9.59 Å². The number of nitrogens with one attached hydrogen (secondary N) is 2. The zero-order valence-electron chi connectivity index (χ0n) is 23.8. The quantitative estimate of drug-likeness (QED) is 0.108. The minimum Gasteiger partial charge on any atom is -1.00 e. The predicted octanol–water partition coefficient (Wildman–Crippen LogP) is 3.06. The molecule has 1 heterocycles. The van der Waals surface area contributed by atoms with E-state index in [1.54, 1.807) is 0 Å². The van der Waals surface area contributed by atoms with Crippen LogP contribution in [0.4, 0.5) is 9.59 Å². The molecular weight excluding hydrogens is 597 g/mol. The molecule has 2 amide bonds. The molecule has 0 saturated heterocycles. The van der Waals surface area contributed by atoms with Gasteiger partial charge in [0.2, 0.25) is 5.69 Å². The maximum absolute atomic E-state index is 11.8. The van der Waals surface area contributed by atoms with E-state index >= 15 is 0 Å². The lowest BCUT2D eigenvalue weighted by Gasteiger charge is -2.09. The first kappa shape index (κ1) is 36.4. The predicted molar refractivity (Wildman–Crippen MR) is 146 cm³/mol. The molecule has 8 nitrogen and oxygen atoms in total. The van der Waals surface area contributed by atoms with E-state index in [4.69, 9.17) is 14.2 Å². The summed E-state index contributed by atoms with van der Waals surface area (Å²) in [5.74, 6) is 0. The van der Waals surface area contributed by atoms with Gasteiger partial charge < -0.3 is 48.8 Å². The van der Waals surface area contributed by atoms with Crippen molar-refractivity contribution in [1.29, 1.82) is 0 Å². The van der Waals surface area contributed by atoms with E-state index in [2.05, 4.69) is 22.1 Å². The maximum Gasteiger partial charge on any atom is 0.407 e. The van der Waals surface area contributed by atoms with Crippen molar-refractivity contribution in [3.63, 3.8) is 0 Å². The lowest BCUT2D eigenvalue weighted by Crippen LogP contribution is -3.00. The highest BCUT2D eigenvalue weighted by Crippen LogP contribution is 2.12. The first-order chi connectivity index (χ1) is 18.2. The number of hydrogen-bond acceptors (Lipinski definition) is 5. The number of nitrogens with zero attached hydrogens (tertiary/aromatic N) is 1. The van der Waals surface area contributed by atoms with Gasteiger partial charge in [-0.1, -0.05) is 90.0 Å². The van der Waals surface area contributed by atoms with Crippen LogP contribution in [-0.2, 0) is 27.3 Å². The topological polar surface area (TPSA) is 89.8 Å². The summed E-state index contributed by atoms with van der Waals surface area (Å²) in [7, 11) is 0. The number of pyridine rings is 1. The van der Waals surface area contributed by atoms with Crippen LogP contribution in [0, 0.1) is 0 Å². The van der Waals surface area contributed by atoms with Gasteiger partial charge in [-0.25, -0.2) is 14.2 Å². The molecule has 0 spiro atoms. The van der Waals surface area contributed by atoms with Gasteiger partial charge in [0.05, 0.1) is 19.8 Å². The molecule has 9 heteroatoms. The second kappa shape index (κ2) is 27.0. The molecule has 0 bridgehead atoms. The number of amides is 2. The largest absolute Gasteiger partial charge is 1.00 e. The first-order valence-electron chi connectivity index (χ1n) is 14.5. The third kappa shape index (κ3) is 21.3. The number of carbonyl (C=O) groups is 2. The number of rotatable bonds is 23. The van der Waals surface area contributed by atoms with Crippen LogP contribution in [0.2, 0.25) is 0 Å². The smallest absolute Gasteiger partial charge is 0.407 e. The molecule has 220 valence electrons. The number of hydrogen-bond donors (Lipinski definition) is 2. The van der Waals surface area contributed by atoms with Gasteiger partial charge in [-0.05, 0) is 13.3 Å². The van der Waals surface area contributed by atoms with Gasteiger partial charge in [0.1, 0.15) is 19.7 Å². The molecule has 2 N–H and O–H groups in total. The van der Waals surface area contributed by atoms with Gasteiger partial charge in [0, 0.05) is 18.7 Å². The standard InChI is InChI=1S/C29H51N3O5.HI/c1-3-5-6-7-8-9-10-11-12-13-14-15-18-22-36-28(33)30-20-23-35-24-25-37-29(34)31-26-27-19-16-17-21-32(27)4-2;/h16-17,19,21H,3-15,18,20,22-26H2,1-2H3,(H-,30,31,33,34);1H. The summed E-state index contributed by atoms with van der Waals surface area (Å²) in [4.78, 5) is 23.5. The molecule has 0 aromatic carbocycles. The van der Waals surface area contributed by atoms with Gasteiger partial charge in [0.25, 0.3) is 0 Å². The molecular formula is C29H52IN3O5. The third-order valence-corrected chi connectivity index (χ3v) is 6.25. The van der Waals surface area contributed by atoms with Crippen LogP contribution in [0.3, 0.4) is 0 Å². The van der Waals surface area contributed by atoms with Crippen molar-refractivity contribution in [3.05, 3.63) is 30.1 Å². The Morgan fingerprint density at radius 1 is 0.711 bits per heavy atom. The Bertz CT molecular complexity index is 709. The summed E-state index contributed by atoms with van der Waals surface area (Å²) in [6.07, 6.45) is 17.9. The lowest BCUT2D eigenvalue weighted by atomic mass is 10.0. The second-order valence-electron chi connectivity index (χ2n) is 9.39. The van der Waals surface area contributed by atoms with Gasteiger partial charge in [0.15, 0.2) is 6.20 Å². The van der Waals surface area contributed by atoms with Crippen LogP contribution in [-0.4, -0.2) is 45.2 Å². The van der Waals surface area contributed by atoms with Crippen molar-refractivity contribution in [2.45, 2.75) is 110 Å². The van der Waals surface area contributed by atoms with Crippen LogP contribution >= 0.6 is 0 Å². The number of halogens is 1. The Kier molecular flexibility index (Phi) is 25.8. The summed E-state index contributed by atoms with van der Waals surface area (Å²) in [5, 5.41) is 5.40. The fourth-order valence-electron chi connectivity index (χ4n) is 4.05. The fraction of sp³-hybridized carbons (Fsp3) is 0.759. The molecule has 0 aliphatic carbocycles. The minimum atomic E-state index is -0.482. The summed E-state index contributed by atoms with van der Waals surface area (Å²) < 4.78 is 17.7. The minimum absolute atomic E-state index is 0. The van der Waals surface area contributed by atoms with Crippen LogP contribution < -0.4 is 39.2 Å². The molecule has 0 atom stereocenters. The molecule has 1 aromatic heterocycles. The van der Waals surface area contributed by atoms with Crippen molar-refractivity contribution < 1.29 is 52.3 Å². The molecule has 0 fully saturated rings. The molecule has 0 aliphatic heterocycles. The average Bonchev–Trinajstić information content (AvgIpc) is 2.91. The normalized spacial score (nSPS) is 10.5. The average molecular weight is 650 g/mol. The van der Waals surface area contributed by atoms with Gasteiger partial charge in [-0.3, -0.25) is 0 Å². The highest BCUT2D eigenvalue weighted by Gasteiger charge is 2.09. The lowest BCUT2D eigenvalue weighted by molar-refractivity contribution is -0.701. The molecule has 38 heavy (non-hydrogen) atoms. The van der Waals surface area contributed by atoms with Crippen molar-refractivity contribution in [1.82, 2.24) is 10.6 Å². The Balaban J connectivity index is 0.0000137. The number of carbonyl (C=O) groups excluding carboxylic acids is 2. The van der Waals surface area contributed by atoms with Crippen molar-refractivity contribution in [2.24, 2.45) is 0 Å². The zero-order chi connectivity index (χ0) is 26.8. The van der Waals surface area contributed by atoms with E-state index in [0.29, 0.717) is 26.3 Å². The summed E-state index contributed by atoms with van der Waals surface area (Å²) in [5.41, 5.74) is 1.00. The monoisotopic (exact) mass is 649 g/mol. The molecule has 0 aliphatic rings.